The fourth-order valence-electron chi connectivity index (χ4n) is 2.93. The van der Waals surface area contributed by atoms with Crippen LogP contribution in [0, 0.1) is 17.0 Å². The molecule has 2 N–H and O–H groups in total. The van der Waals surface area contributed by atoms with Crippen LogP contribution in [-0.4, -0.2) is 25.8 Å². The number of nitro groups is 1. The van der Waals surface area contributed by atoms with Crippen LogP contribution in [0.2, 0.25) is 0 Å². The van der Waals surface area contributed by atoms with Gasteiger partial charge in [0.2, 0.25) is 10.0 Å². The summed E-state index contributed by atoms with van der Waals surface area (Å²) in [7, 11) is -3.69. The number of anilines is 1. The highest BCUT2D eigenvalue weighted by Gasteiger charge is 2.16. The summed E-state index contributed by atoms with van der Waals surface area (Å²) < 4.78 is 27.4. The van der Waals surface area contributed by atoms with Gasteiger partial charge < -0.3 is 5.32 Å². The Kier molecular flexibility index (Phi) is 6.78. The summed E-state index contributed by atoms with van der Waals surface area (Å²) in [5.41, 5.74) is 1.85. The highest BCUT2D eigenvalue weighted by Crippen LogP contribution is 2.21. The number of hydrogen-bond acceptors (Lipinski definition) is 5. The van der Waals surface area contributed by atoms with Crippen molar-refractivity contribution in [2.75, 3.05) is 11.9 Å². The Morgan fingerprint density at radius 1 is 1.00 bits per heavy atom. The minimum absolute atomic E-state index is 0.0736. The van der Waals surface area contributed by atoms with E-state index in [4.69, 9.17) is 0 Å². The van der Waals surface area contributed by atoms with Crippen molar-refractivity contribution < 1.29 is 18.1 Å². The van der Waals surface area contributed by atoms with Gasteiger partial charge in [0.05, 0.1) is 9.82 Å². The summed E-state index contributed by atoms with van der Waals surface area (Å²) >= 11 is 0. The Balaban J connectivity index is 1.63. The molecule has 0 saturated carbocycles. The lowest BCUT2D eigenvalue weighted by Crippen LogP contribution is -2.26. The third-order valence-corrected chi connectivity index (χ3v) is 6.12. The van der Waals surface area contributed by atoms with Gasteiger partial charge in [0, 0.05) is 29.4 Å². The van der Waals surface area contributed by atoms with E-state index in [0.717, 1.165) is 5.56 Å². The van der Waals surface area contributed by atoms with Gasteiger partial charge in [-0.3, -0.25) is 14.9 Å². The van der Waals surface area contributed by atoms with E-state index in [1.54, 1.807) is 6.92 Å². The molecule has 9 heteroatoms. The molecule has 0 fully saturated rings. The molecule has 0 aliphatic carbocycles. The normalized spacial score (nSPS) is 11.1. The van der Waals surface area contributed by atoms with E-state index in [-0.39, 0.29) is 22.7 Å². The number of amides is 1. The van der Waals surface area contributed by atoms with Gasteiger partial charge in [-0.25, -0.2) is 13.1 Å². The molecule has 3 aromatic rings. The van der Waals surface area contributed by atoms with E-state index < -0.39 is 20.9 Å². The summed E-state index contributed by atoms with van der Waals surface area (Å²) in [4.78, 5) is 23.0. The molecule has 0 heterocycles. The first-order chi connectivity index (χ1) is 14.8. The quantitative estimate of drug-likeness (QED) is 0.410. The van der Waals surface area contributed by atoms with Crippen LogP contribution >= 0.6 is 0 Å². The fraction of sp³-hybridized carbons (Fsp3) is 0.136. The zero-order valence-corrected chi connectivity index (χ0v) is 17.6. The number of sulfonamides is 1. The maximum atomic E-state index is 12.4. The summed E-state index contributed by atoms with van der Waals surface area (Å²) in [6.45, 7) is 1.85. The van der Waals surface area contributed by atoms with Gasteiger partial charge in [0.25, 0.3) is 11.6 Å². The highest BCUT2D eigenvalue weighted by molar-refractivity contribution is 7.89. The van der Waals surface area contributed by atoms with Crippen LogP contribution in [0.4, 0.5) is 11.4 Å². The lowest BCUT2D eigenvalue weighted by Gasteiger charge is -2.09. The maximum Gasteiger partial charge on any atom is 0.273 e. The Bertz CT molecular complexity index is 1190. The van der Waals surface area contributed by atoms with Gasteiger partial charge in [0.1, 0.15) is 0 Å². The zero-order valence-electron chi connectivity index (χ0n) is 16.7. The lowest BCUT2D eigenvalue weighted by molar-refractivity contribution is -0.385. The predicted octanol–water partition coefficient (Wildman–Crippen LogP) is 3.68. The van der Waals surface area contributed by atoms with E-state index in [2.05, 4.69) is 10.0 Å². The van der Waals surface area contributed by atoms with Gasteiger partial charge in [-0.15, -0.1) is 0 Å². The number of nitro benzene ring substituents is 1. The monoisotopic (exact) mass is 439 g/mol. The van der Waals surface area contributed by atoms with Crippen molar-refractivity contribution in [3.05, 3.63) is 99.6 Å². The number of benzene rings is 3. The van der Waals surface area contributed by atoms with Crippen LogP contribution in [0.3, 0.4) is 0 Å². The molecule has 3 rings (SSSR count). The van der Waals surface area contributed by atoms with Crippen molar-refractivity contribution in [2.24, 2.45) is 0 Å². The third kappa shape index (κ3) is 5.74. The summed E-state index contributed by atoms with van der Waals surface area (Å²) in [6, 6.07) is 19.4. The average molecular weight is 439 g/mol. The minimum atomic E-state index is -3.69. The van der Waals surface area contributed by atoms with Crippen LogP contribution in [0.25, 0.3) is 0 Å². The second kappa shape index (κ2) is 9.50. The summed E-state index contributed by atoms with van der Waals surface area (Å²) in [5.74, 6) is -0.528. The number of hydrogen-bond donors (Lipinski definition) is 2. The molecule has 0 radical (unpaired) electrons. The zero-order chi connectivity index (χ0) is 22.4. The van der Waals surface area contributed by atoms with Crippen LogP contribution in [0.1, 0.15) is 21.5 Å². The van der Waals surface area contributed by atoms with Crippen LogP contribution in [0.5, 0.6) is 0 Å². The maximum absolute atomic E-state index is 12.4. The SMILES string of the molecule is Cc1ccc(C(=O)Nc2ccc(S(=O)(=O)NCCc3ccccc3)cc2)cc1[N+](=O)[O-]. The van der Waals surface area contributed by atoms with E-state index in [9.17, 15) is 23.3 Å². The number of nitrogens with one attached hydrogen (secondary N) is 2. The van der Waals surface area contributed by atoms with E-state index >= 15 is 0 Å². The van der Waals surface area contributed by atoms with Crippen molar-refractivity contribution >= 4 is 27.3 Å². The van der Waals surface area contributed by atoms with Crippen molar-refractivity contribution in [3.63, 3.8) is 0 Å². The third-order valence-electron chi connectivity index (χ3n) is 4.64. The number of carbonyl (C=O) groups excluding carboxylic acids is 1. The Labute approximate surface area is 180 Å². The average Bonchev–Trinajstić information content (AvgIpc) is 2.75. The Hall–Kier alpha value is -3.56. The topological polar surface area (TPSA) is 118 Å². The molecule has 0 unspecified atom stereocenters. The number of carbonyl (C=O) groups is 1. The van der Waals surface area contributed by atoms with E-state index in [0.29, 0.717) is 17.7 Å². The highest BCUT2D eigenvalue weighted by atomic mass is 32.2. The molecule has 3 aromatic carbocycles. The van der Waals surface area contributed by atoms with Crippen LogP contribution in [0.15, 0.2) is 77.7 Å². The first-order valence-corrected chi connectivity index (χ1v) is 10.9. The van der Waals surface area contributed by atoms with Gasteiger partial charge in [-0.2, -0.15) is 0 Å². The first-order valence-electron chi connectivity index (χ1n) is 9.46. The van der Waals surface area contributed by atoms with Gasteiger partial charge in [-0.05, 0) is 49.2 Å². The minimum Gasteiger partial charge on any atom is -0.322 e. The molecule has 0 bridgehead atoms. The Morgan fingerprint density at radius 3 is 2.32 bits per heavy atom. The number of rotatable bonds is 8. The molecule has 0 atom stereocenters. The molecule has 0 spiro atoms. The second-order valence-electron chi connectivity index (χ2n) is 6.87. The number of nitrogens with zero attached hydrogens (tertiary/aromatic N) is 1. The first kappa shape index (κ1) is 22.1. The molecular formula is C22H21N3O5S. The molecule has 8 nitrogen and oxygen atoms in total. The van der Waals surface area contributed by atoms with Crippen molar-refractivity contribution in [2.45, 2.75) is 18.2 Å². The van der Waals surface area contributed by atoms with E-state index in [1.165, 1.54) is 42.5 Å². The largest absolute Gasteiger partial charge is 0.322 e. The van der Waals surface area contributed by atoms with E-state index in [1.807, 2.05) is 30.3 Å². The summed E-state index contributed by atoms with van der Waals surface area (Å²) in [5, 5.41) is 13.7. The van der Waals surface area contributed by atoms with Crippen molar-refractivity contribution in [1.82, 2.24) is 4.72 Å². The standard InChI is InChI=1S/C22H21N3O5S/c1-16-7-8-18(15-21(16)25(27)28)22(26)24-19-9-11-20(12-10-19)31(29,30)23-14-13-17-5-3-2-4-6-17/h2-12,15,23H,13-14H2,1H3,(H,24,26). The molecule has 160 valence electrons. The second-order valence-corrected chi connectivity index (χ2v) is 8.64. The molecule has 0 saturated heterocycles. The number of aryl methyl sites for hydroxylation is 1. The lowest BCUT2D eigenvalue weighted by atomic mass is 10.1. The molecule has 31 heavy (non-hydrogen) atoms. The van der Waals surface area contributed by atoms with Gasteiger partial charge in [-0.1, -0.05) is 36.4 Å². The van der Waals surface area contributed by atoms with Crippen LogP contribution in [-0.2, 0) is 16.4 Å². The Morgan fingerprint density at radius 2 is 1.68 bits per heavy atom. The van der Waals surface area contributed by atoms with Gasteiger partial charge >= 0.3 is 0 Å². The molecular weight excluding hydrogens is 418 g/mol. The molecule has 0 aliphatic rings. The molecule has 1 amide bonds. The molecule has 0 aromatic heterocycles. The van der Waals surface area contributed by atoms with Crippen molar-refractivity contribution in [1.29, 1.82) is 0 Å². The molecule has 0 aliphatic heterocycles. The predicted molar refractivity (Wildman–Crippen MR) is 118 cm³/mol. The smallest absolute Gasteiger partial charge is 0.273 e. The fourth-order valence-corrected chi connectivity index (χ4v) is 3.96. The summed E-state index contributed by atoms with van der Waals surface area (Å²) in [6.07, 6.45) is 0.566. The van der Waals surface area contributed by atoms with Gasteiger partial charge in [0.15, 0.2) is 0 Å². The van der Waals surface area contributed by atoms with Crippen molar-refractivity contribution in [3.8, 4) is 0 Å². The van der Waals surface area contributed by atoms with Crippen LogP contribution < -0.4 is 10.0 Å².